The molecule has 27 heavy (non-hydrogen) atoms. The normalized spacial score (nSPS) is 11.6. The molecule has 0 spiro atoms. The summed E-state index contributed by atoms with van der Waals surface area (Å²) >= 11 is 1.36. The first kappa shape index (κ1) is 18.7. The molecule has 0 unspecified atom stereocenters. The Morgan fingerprint density at radius 1 is 1.22 bits per heavy atom. The topological polar surface area (TPSA) is 83.6 Å². The largest absolute Gasteiger partial charge is 0.325 e. The molecular weight excluding hydrogens is 358 g/mol. The van der Waals surface area contributed by atoms with Crippen LogP contribution in [0.25, 0.3) is 11.4 Å². The number of rotatable bonds is 6. The van der Waals surface area contributed by atoms with Gasteiger partial charge in [0.1, 0.15) is 0 Å². The molecule has 1 N–H and O–H groups in total. The molecule has 0 aliphatic rings. The van der Waals surface area contributed by atoms with Crippen LogP contribution in [0.3, 0.4) is 0 Å². The molecular formula is C20H19N5OS. The van der Waals surface area contributed by atoms with Crippen molar-refractivity contribution in [3.8, 4) is 17.5 Å². The van der Waals surface area contributed by atoms with E-state index < -0.39 is 0 Å². The summed E-state index contributed by atoms with van der Waals surface area (Å²) in [5.41, 5.74) is 2.10. The Morgan fingerprint density at radius 2 is 2.00 bits per heavy atom. The molecule has 0 aliphatic carbocycles. The maximum absolute atomic E-state index is 12.5. The second-order valence-corrected chi connectivity index (χ2v) is 7.17. The van der Waals surface area contributed by atoms with Crippen LogP contribution in [0, 0.1) is 11.3 Å². The summed E-state index contributed by atoms with van der Waals surface area (Å²) < 4.78 is 2.00. The van der Waals surface area contributed by atoms with E-state index in [9.17, 15) is 4.79 Å². The molecule has 0 saturated carbocycles. The number of carbonyl (C=O) groups excluding carboxylic acids is 1. The highest BCUT2D eigenvalue weighted by Crippen LogP contribution is 2.27. The fourth-order valence-electron chi connectivity index (χ4n) is 2.58. The lowest BCUT2D eigenvalue weighted by Gasteiger charge is -2.13. The van der Waals surface area contributed by atoms with E-state index >= 15 is 0 Å². The summed E-state index contributed by atoms with van der Waals surface area (Å²) in [7, 11) is 0. The summed E-state index contributed by atoms with van der Waals surface area (Å²) in [6, 6.07) is 18.8. The highest BCUT2D eigenvalue weighted by atomic mass is 32.2. The third kappa shape index (κ3) is 4.36. The predicted molar refractivity (Wildman–Crippen MR) is 106 cm³/mol. The summed E-state index contributed by atoms with van der Waals surface area (Å²) in [6.45, 7) is 4.56. The molecule has 0 aliphatic heterocycles. The zero-order valence-corrected chi connectivity index (χ0v) is 15.9. The molecule has 0 fully saturated rings. The molecule has 136 valence electrons. The number of thioether (sulfide) groups is 1. The molecule has 2 aromatic carbocycles. The van der Waals surface area contributed by atoms with E-state index in [2.05, 4.69) is 21.6 Å². The number of hydrogen-bond acceptors (Lipinski definition) is 5. The predicted octanol–water partition coefficient (Wildman–Crippen LogP) is 3.96. The van der Waals surface area contributed by atoms with Crippen LogP contribution in [0.4, 0.5) is 5.69 Å². The van der Waals surface area contributed by atoms with Crippen molar-refractivity contribution in [3.05, 3.63) is 60.2 Å². The average molecular weight is 377 g/mol. The van der Waals surface area contributed by atoms with Gasteiger partial charge in [0.15, 0.2) is 11.0 Å². The number of aromatic nitrogens is 3. The average Bonchev–Trinajstić information content (AvgIpc) is 3.11. The molecule has 1 aromatic heterocycles. The number of nitriles is 1. The quantitative estimate of drug-likeness (QED) is 0.658. The Balaban J connectivity index is 1.74. The van der Waals surface area contributed by atoms with Crippen molar-refractivity contribution in [2.24, 2.45) is 0 Å². The third-order valence-corrected chi connectivity index (χ3v) is 5.06. The standard InChI is InChI=1S/C20H19N5OS/c1-3-25-18(16-9-5-4-6-10-16)23-24-20(25)27-14(2)19(26)22-17-11-7-8-15(12-17)13-21/h4-12,14H,3H2,1-2H3,(H,22,26)/t14-/m0/s1. The minimum absolute atomic E-state index is 0.151. The first-order valence-electron chi connectivity index (χ1n) is 8.58. The van der Waals surface area contributed by atoms with Crippen molar-refractivity contribution in [1.29, 1.82) is 5.26 Å². The van der Waals surface area contributed by atoms with Gasteiger partial charge < -0.3 is 9.88 Å². The second kappa shape index (κ2) is 8.52. The Kier molecular flexibility index (Phi) is 5.89. The number of anilines is 1. The van der Waals surface area contributed by atoms with Gasteiger partial charge in [0.05, 0.1) is 16.9 Å². The van der Waals surface area contributed by atoms with Gasteiger partial charge in [-0.2, -0.15) is 5.26 Å². The molecule has 0 saturated heterocycles. The maximum atomic E-state index is 12.5. The summed E-state index contributed by atoms with van der Waals surface area (Å²) in [5, 5.41) is 20.7. The van der Waals surface area contributed by atoms with Gasteiger partial charge in [-0.15, -0.1) is 10.2 Å². The molecule has 3 aromatic rings. The van der Waals surface area contributed by atoms with Crippen LogP contribution < -0.4 is 5.32 Å². The van der Waals surface area contributed by atoms with Crippen molar-refractivity contribution >= 4 is 23.4 Å². The Morgan fingerprint density at radius 3 is 2.70 bits per heavy atom. The van der Waals surface area contributed by atoms with Gasteiger partial charge in [0.2, 0.25) is 5.91 Å². The van der Waals surface area contributed by atoms with E-state index in [4.69, 9.17) is 5.26 Å². The lowest BCUT2D eigenvalue weighted by atomic mass is 10.2. The first-order valence-corrected chi connectivity index (χ1v) is 9.46. The minimum Gasteiger partial charge on any atom is -0.325 e. The van der Waals surface area contributed by atoms with E-state index in [0.717, 1.165) is 11.4 Å². The van der Waals surface area contributed by atoms with Crippen molar-refractivity contribution in [3.63, 3.8) is 0 Å². The van der Waals surface area contributed by atoms with Crippen molar-refractivity contribution in [2.45, 2.75) is 30.8 Å². The van der Waals surface area contributed by atoms with Crippen molar-refractivity contribution in [1.82, 2.24) is 14.8 Å². The summed E-state index contributed by atoms with van der Waals surface area (Å²) in [4.78, 5) is 12.5. The van der Waals surface area contributed by atoms with Gasteiger partial charge in [-0.05, 0) is 32.0 Å². The zero-order chi connectivity index (χ0) is 19.2. The Hall–Kier alpha value is -3.11. The van der Waals surface area contributed by atoms with Crippen LogP contribution in [-0.2, 0) is 11.3 Å². The van der Waals surface area contributed by atoms with E-state index in [-0.39, 0.29) is 11.2 Å². The minimum atomic E-state index is -0.367. The number of nitrogens with one attached hydrogen (secondary N) is 1. The molecule has 1 atom stereocenters. The van der Waals surface area contributed by atoms with E-state index in [1.807, 2.05) is 48.7 Å². The highest BCUT2D eigenvalue weighted by Gasteiger charge is 2.20. The molecule has 0 bridgehead atoms. The summed E-state index contributed by atoms with van der Waals surface area (Å²) in [5.74, 6) is 0.636. The van der Waals surface area contributed by atoms with Crippen molar-refractivity contribution < 1.29 is 4.79 Å². The van der Waals surface area contributed by atoms with Crippen LogP contribution in [0.5, 0.6) is 0 Å². The fraction of sp³-hybridized carbons (Fsp3) is 0.200. The maximum Gasteiger partial charge on any atom is 0.237 e. The van der Waals surface area contributed by atoms with Crippen LogP contribution in [0.2, 0.25) is 0 Å². The SMILES string of the molecule is CCn1c(S[C@@H](C)C(=O)Nc2cccc(C#N)c2)nnc1-c1ccccc1. The molecule has 6 nitrogen and oxygen atoms in total. The van der Waals surface area contributed by atoms with Gasteiger partial charge in [-0.1, -0.05) is 48.2 Å². The molecule has 3 rings (SSSR count). The van der Waals surface area contributed by atoms with Gasteiger partial charge in [0.25, 0.3) is 0 Å². The summed E-state index contributed by atoms with van der Waals surface area (Å²) in [6.07, 6.45) is 0. The molecule has 1 amide bonds. The van der Waals surface area contributed by atoms with Crippen LogP contribution >= 0.6 is 11.8 Å². The zero-order valence-electron chi connectivity index (χ0n) is 15.1. The lowest BCUT2D eigenvalue weighted by molar-refractivity contribution is -0.115. The van der Waals surface area contributed by atoms with Gasteiger partial charge in [-0.3, -0.25) is 4.79 Å². The smallest absolute Gasteiger partial charge is 0.237 e. The second-order valence-electron chi connectivity index (χ2n) is 5.86. The van der Waals surface area contributed by atoms with Crippen LogP contribution in [0.1, 0.15) is 19.4 Å². The van der Waals surface area contributed by atoms with Crippen LogP contribution in [-0.4, -0.2) is 25.9 Å². The van der Waals surface area contributed by atoms with E-state index in [1.54, 1.807) is 24.3 Å². The third-order valence-electron chi connectivity index (χ3n) is 3.98. The highest BCUT2D eigenvalue weighted by molar-refractivity contribution is 8.00. The van der Waals surface area contributed by atoms with E-state index in [1.165, 1.54) is 11.8 Å². The number of carbonyl (C=O) groups is 1. The number of nitrogens with zero attached hydrogens (tertiary/aromatic N) is 4. The molecule has 7 heteroatoms. The monoisotopic (exact) mass is 377 g/mol. The Labute approximate surface area is 162 Å². The van der Waals surface area contributed by atoms with Gasteiger partial charge in [-0.25, -0.2) is 0 Å². The number of hydrogen-bond donors (Lipinski definition) is 1. The lowest BCUT2D eigenvalue weighted by Crippen LogP contribution is -2.23. The van der Waals surface area contributed by atoms with Crippen molar-refractivity contribution in [2.75, 3.05) is 5.32 Å². The Bertz CT molecular complexity index is 978. The molecule has 1 heterocycles. The first-order chi connectivity index (χ1) is 13.1. The van der Waals surface area contributed by atoms with Gasteiger partial charge in [0, 0.05) is 17.8 Å². The van der Waals surface area contributed by atoms with Gasteiger partial charge >= 0.3 is 0 Å². The number of benzene rings is 2. The van der Waals surface area contributed by atoms with Crippen LogP contribution in [0.15, 0.2) is 59.8 Å². The number of amides is 1. The fourth-order valence-corrected chi connectivity index (χ4v) is 3.50. The van der Waals surface area contributed by atoms with E-state index in [0.29, 0.717) is 23.0 Å². The molecule has 0 radical (unpaired) electrons.